The number of hydrogen-bond donors (Lipinski definition) is 0. The number of nitrogens with zero attached hydrogens (tertiary/aromatic N) is 1. The number of rotatable bonds is 16. The standard InChI is InChI=1S/C18H38N/c1-3-5-7-9-11-13-15-17-19-18-16-14-12-10-8-6-4-2/h3-18H2,1-2H3. The minimum Gasteiger partial charge on any atom is -0.242 e. The minimum absolute atomic E-state index is 1.11. The van der Waals surface area contributed by atoms with Crippen LogP contribution in [0.2, 0.25) is 0 Å². The van der Waals surface area contributed by atoms with Crippen molar-refractivity contribution < 1.29 is 0 Å². The van der Waals surface area contributed by atoms with E-state index in [1.54, 1.807) is 0 Å². The van der Waals surface area contributed by atoms with Crippen molar-refractivity contribution in [3.8, 4) is 0 Å². The molecule has 0 spiro atoms. The summed E-state index contributed by atoms with van der Waals surface area (Å²) in [5.41, 5.74) is 0. The molecule has 0 N–H and O–H groups in total. The summed E-state index contributed by atoms with van der Waals surface area (Å²) in [4.78, 5) is 0. The molecule has 0 saturated heterocycles. The molecule has 1 heteroatoms. The second kappa shape index (κ2) is 18.0. The Kier molecular flexibility index (Phi) is 17.9. The molecule has 0 atom stereocenters. The van der Waals surface area contributed by atoms with E-state index in [-0.39, 0.29) is 0 Å². The van der Waals surface area contributed by atoms with E-state index in [4.69, 9.17) is 0 Å². The molecule has 19 heavy (non-hydrogen) atoms. The summed E-state index contributed by atoms with van der Waals surface area (Å²) in [6.45, 7) is 6.79. The van der Waals surface area contributed by atoms with E-state index in [0.29, 0.717) is 0 Å². The topological polar surface area (TPSA) is 14.1 Å². The van der Waals surface area contributed by atoms with Gasteiger partial charge in [0.05, 0.1) is 0 Å². The van der Waals surface area contributed by atoms with Crippen LogP contribution in [0.1, 0.15) is 104 Å². The van der Waals surface area contributed by atoms with Gasteiger partial charge >= 0.3 is 0 Å². The Hall–Kier alpha value is -0.0400. The van der Waals surface area contributed by atoms with E-state index in [1.807, 2.05) is 0 Å². The molecule has 0 bridgehead atoms. The van der Waals surface area contributed by atoms with Crippen LogP contribution in [0.5, 0.6) is 0 Å². The molecule has 115 valence electrons. The Balaban J connectivity index is 2.88. The van der Waals surface area contributed by atoms with Crippen molar-refractivity contribution in [1.82, 2.24) is 5.32 Å². The summed E-state index contributed by atoms with van der Waals surface area (Å²) in [6, 6.07) is 0. The average Bonchev–Trinajstić information content (AvgIpc) is 2.43. The van der Waals surface area contributed by atoms with Crippen molar-refractivity contribution in [2.24, 2.45) is 0 Å². The maximum atomic E-state index is 4.64. The van der Waals surface area contributed by atoms with Gasteiger partial charge in [-0.1, -0.05) is 90.9 Å². The largest absolute Gasteiger partial charge is 0.242 e. The van der Waals surface area contributed by atoms with E-state index in [9.17, 15) is 0 Å². The molecule has 0 aliphatic carbocycles. The molecule has 0 amide bonds. The molecule has 0 unspecified atom stereocenters. The lowest BCUT2D eigenvalue weighted by Gasteiger charge is -2.03. The van der Waals surface area contributed by atoms with Gasteiger partial charge in [0, 0.05) is 13.1 Å². The highest BCUT2D eigenvalue weighted by atomic mass is 14.8. The van der Waals surface area contributed by atoms with Crippen molar-refractivity contribution in [2.75, 3.05) is 13.1 Å². The van der Waals surface area contributed by atoms with E-state index in [1.165, 1.54) is 89.9 Å². The van der Waals surface area contributed by atoms with E-state index < -0.39 is 0 Å². The number of hydrogen-bond acceptors (Lipinski definition) is 0. The summed E-state index contributed by atoms with van der Waals surface area (Å²) < 4.78 is 0. The van der Waals surface area contributed by atoms with Gasteiger partial charge in [0.1, 0.15) is 0 Å². The maximum Gasteiger partial charge on any atom is 0.0133 e. The molecule has 0 heterocycles. The second-order valence-corrected chi connectivity index (χ2v) is 5.91. The van der Waals surface area contributed by atoms with Gasteiger partial charge in [-0.05, 0) is 12.8 Å². The van der Waals surface area contributed by atoms with Crippen LogP contribution >= 0.6 is 0 Å². The fourth-order valence-corrected chi connectivity index (χ4v) is 2.47. The quantitative estimate of drug-likeness (QED) is 0.301. The lowest BCUT2D eigenvalue weighted by Crippen LogP contribution is -2.08. The van der Waals surface area contributed by atoms with Gasteiger partial charge in [0.2, 0.25) is 0 Å². The van der Waals surface area contributed by atoms with Crippen molar-refractivity contribution in [2.45, 2.75) is 104 Å². The monoisotopic (exact) mass is 268 g/mol. The Morgan fingerprint density at radius 2 is 0.737 bits per heavy atom. The third-order valence-corrected chi connectivity index (χ3v) is 3.84. The zero-order valence-electron chi connectivity index (χ0n) is 13.8. The molecular weight excluding hydrogens is 230 g/mol. The van der Waals surface area contributed by atoms with Crippen LogP contribution in [0.25, 0.3) is 0 Å². The van der Waals surface area contributed by atoms with Gasteiger partial charge in [0.15, 0.2) is 0 Å². The molecule has 1 radical (unpaired) electrons. The Labute approximate surface area is 122 Å². The molecule has 0 aliphatic heterocycles. The molecule has 0 rings (SSSR count). The Morgan fingerprint density at radius 1 is 0.421 bits per heavy atom. The van der Waals surface area contributed by atoms with Crippen LogP contribution in [0.15, 0.2) is 0 Å². The van der Waals surface area contributed by atoms with Gasteiger partial charge in [-0.25, -0.2) is 5.32 Å². The highest BCUT2D eigenvalue weighted by Gasteiger charge is 1.93. The summed E-state index contributed by atoms with van der Waals surface area (Å²) >= 11 is 0. The van der Waals surface area contributed by atoms with Gasteiger partial charge in [-0.3, -0.25) is 0 Å². The zero-order valence-corrected chi connectivity index (χ0v) is 13.8. The minimum atomic E-state index is 1.11. The molecule has 0 aromatic rings. The van der Waals surface area contributed by atoms with Crippen LogP contribution in [0.3, 0.4) is 0 Å². The predicted molar refractivity (Wildman–Crippen MR) is 87.9 cm³/mol. The molecule has 0 fully saturated rings. The highest BCUT2D eigenvalue weighted by Crippen LogP contribution is 2.07. The molecule has 0 aliphatic rings. The van der Waals surface area contributed by atoms with Crippen LogP contribution in [-0.2, 0) is 0 Å². The van der Waals surface area contributed by atoms with Crippen molar-refractivity contribution in [1.29, 1.82) is 0 Å². The lowest BCUT2D eigenvalue weighted by molar-refractivity contribution is 0.532. The summed E-state index contributed by atoms with van der Waals surface area (Å²) in [7, 11) is 0. The first-order chi connectivity index (χ1) is 9.41. The van der Waals surface area contributed by atoms with Crippen LogP contribution in [-0.4, -0.2) is 13.1 Å². The Morgan fingerprint density at radius 3 is 1.11 bits per heavy atom. The fourth-order valence-electron chi connectivity index (χ4n) is 2.47. The Bertz CT molecular complexity index is 129. The van der Waals surface area contributed by atoms with Crippen LogP contribution in [0.4, 0.5) is 0 Å². The van der Waals surface area contributed by atoms with Gasteiger partial charge in [0.25, 0.3) is 0 Å². The van der Waals surface area contributed by atoms with Crippen LogP contribution in [0, 0.1) is 0 Å². The summed E-state index contributed by atoms with van der Waals surface area (Å²) in [6.07, 6.45) is 19.6. The fraction of sp³-hybridized carbons (Fsp3) is 1.00. The second-order valence-electron chi connectivity index (χ2n) is 5.91. The van der Waals surface area contributed by atoms with Crippen molar-refractivity contribution in [3.05, 3.63) is 0 Å². The van der Waals surface area contributed by atoms with E-state index in [0.717, 1.165) is 13.1 Å². The third-order valence-electron chi connectivity index (χ3n) is 3.84. The summed E-state index contributed by atoms with van der Waals surface area (Å²) in [5, 5.41) is 4.64. The first-order valence-electron chi connectivity index (χ1n) is 9.05. The maximum absolute atomic E-state index is 4.64. The van der Waals surface area contributed by atoms with E-state index >= 15 is 0 Å². The average molecular weight is 269 g/mol. The van der Waals surface area contributed by atoms with Gasteiger partial charge < -0.3 is 0 Å². The SMILES string of the molecule is CCCCCCCCC[N]CCCCCCCCC. The lowest BCUT2D eigenvalue weighted by atomic mass is 10.1. The molecule has 0 aromatic heterocycles. The van der Waals surface area contributed by atoms with Crippen LogP contribution < -0.4 is 5.32 Å². The first kappa shape index (κ1) is 19.0. The molecular formula is C18H38N. The summed E-state index contributed by atoms with van der Waals surface area (Å²) in [5.74, 6) is 0. The predicted octanol–water partition coefficient (Wildman–Crippen LogP) is 6.09. The third kappa shape index (κ3) is 18.0. The van der Waals surface area contributed by atoms with Crippen molar-refractivity contribution >= 4 is 0 Å². The molecule has 0 aromatic carbocycles. The van der Waals surface area contributed by atoms with Crippen molar-refractivity contribution in [3.63, 3.8) is 0 Å². The molecule has 1 nitrogen and oxygen atoms in total. The zero-order chi connectivity index (χ0) is 14.0. The molecule has 0 saturated carbocycles. The highest BCUT2D eigenvalue weighted by molar-refractivity contribution is 4.51. The first-order valence-corrected chi connectivity index (χ1v) is 9.05. The van der Waals surface area contributed by atoms with E-state index in [2.05, 4.69) is 19.2 Å². The van der Waals surface area contributed by atoms with Gasteiger partial charge in [-0.2, -0.15) is 0 Å². The normalized spacial score (nSPS) is 11.1. The van der Waals surface area contributed by atoms with Gasteiger partial charge in [-0.15, -0.1) is 0 Å². The number of unbranched alkanes of at least 4 members (excludes halogenated alkanes) is 12. The smallest absolute Gasteiger partial charge is 0.0133 e.